The number of hydrogen-bond acceptors (Lipinski definition) is 7. The Hall–Kier alpha value is -2.84. The molecule has 4 rings (SSSR count). The SMILES string of the molecule is O=C(Cn1cnc2ccccc2c1=O)OCc1csc(-c2ccsc2)n1. The van der Waals surface area contributed by atoms with E-state index in [4.69, 9.17) is 4.74 Å². The summed E-state index contributed by atoms with van der Waals surface area (Å²) in [4.78, 5) is 33.1. The zero-order chi connectivity index (χ0) is 17.9. The van der Waals surface area contributed by atoms with Crippen molar-refractivity contribution >= 4 is 39.5 Å². The third kappa shape index (κ3) is 3.42. The Bertz CT molecular complexity index is 1120. The predicted molar refractivity (Wildman–Crippen MR) is 101 cm³/mol. The van der Waals surface area contributed by atoms with Crippen molar-refractivity contribution in [3.05, 3.63) is 68.8 Å². The number of thiophene rings is 1. The van der Waals surface area contributed by atoms with Crippen LogP contribution in [0, 0.1) is 0 Å². The lowest BCUT2D eigenvalue weighted by Crippen LogP contribution is -2.25. The zero-order valence-electron chi connectivity index (χ0n) is 13.5. The normalized spacial score (nSPS) is 10.9. The number of esters is 1. The molecule has 6 nitrogen and oxygen atoms in total. The van der Waals surface area contributed by atoms with Gasteiger partial charge in [-0.15, -0.1) is 11.3 Å². The van der Waals surface area contributed by atoms with Gasteiger partial charge in [0.1, 0.15) is 18.2 Å². The zero-order valence-corrected chi connectivity index (χ0v) is 15.1. The summed E-state index contributed by atoms with van der Waals surface area (Å²) in [7, 11) is 0. The second-order valence-electron chi connectivity index (χ2n) is 5.51. The van der Waals surface area contributed by atoms with Gasteiger partial charge in [0.25, 0.3) is 5.56 Å². The third-order valence-electron chi connectivity index (χ3n) is 3.73. The molecule has 0 unspecified atom stereocenters. The van der Waals surface area contributed by atoms with Gasteiger partial charge in [-0.3, -0.25) is 14.2 Å². The molecular formula is C18H13N3O3S2. The number of ether oxygens (including phenoxy) is 1. The molecule has 0 saturated heterocycles. The molecule has 0 fully saturated rings. The van der Waals surface area contributed by atoms with Crippen LogP contribution in [0.5, 0.6) is 0 Å². The van der Waals surface area contributed by atoms with Gasteiger partial charge in [-0.05, 0) is 23.6 Å². The van der Waals surface area contributed by atoms with Gasteiger partial charge in [-0.2, -0.15) is 11.3 Å². The van der Waals surface area contributed by atoms with E-state index in [1.807, 2.05) is 28.3 Å². The lowest BCUT2D eigenvalue weighted by molar-refractivity contribution is -0.145. The Morgan fingerprint density at radius 3 is 2.92 bits per heavy atom. The third-order valence-corrected chi connectivity index (χ3v) is 5.36. The number of para-hydroxylation sites is 1. The molecule has 0 aliphatic rings. The Labute approximate surface area is 156 Å². The van der Waals surface area contributed by atoms with Crippen molar-refractivity contribution in [1.82, 2.24) is 14.5 Å². The van der Waals surface area contributed by atoms with E-state index in [1.54, 1.807) is 29.5 Å². The van der Waals surface area contributed by atoms with Crippen molar-refractivity contribution in [3.63, 3.8) is 0 Å². The smallest absolute Gasteiger partial charge is 0.326 e. The minimum Gasteiger partial charge on any atom is -0.458 e. The Morgan fingerprint density at radius 2 is 2.08 bits per heavy atom. The number of carbonyl (C=O) groups excluding carboxylic acids is 1. The summed E-state index contributed by atoms with van der Waals surface area (Å²) >= 11 is 3.11. The van der Waals surface area contributed by atoms with Gasteiger partial charge in [-0.1, -0.05) is 12.1 Å². The van der Waals surface area contributed by atoms with Crippen molar-refractivity contribution in [3.8, 4) is 10.6 Å². The van der Waals surface area contributed by atoms with Crippen LogP contribution in [0.3, 0.4) is 0 Å². The molecule has 0 radical (unpaired) electrons. The average molecular weight is 383 g/mol. The van der Waals surface area contributed by atoms with E-state index in [0.717, 1.165) is 10.6 Å². The molecule has 0 spiro atoms. The Kier molecular flexibility index (Phi) is 4.59. The number of benzene rings is 1. The molecule has 3 heterocycles. The maximum Gasteiger partial charge on any atom is 0.326 e. The molecule has 0 saturated carbocycles. The van der Waals surface area contributed by atoms with Crippen LogP contribution in [0.2, 0.25) is 0 Å². The van der Waals surface area contributed by atoms with Crippen LogP contribution in [0.25, 0.3) is 21.5 Å². The van der Waals surface area contributed by atoms with Crippen molar-refractivity contribution in [2.75, 3.05) is 0 Å². The maximum absolute atomic E-state index is 12.4. The van der Waals surface area contributed by atoms with Crippen LogP contribution in [0.1, 0.15) is 5.69 Å². The molecule has 0 N–H and O–H groups in total. The average Bonchev–Trinajstić information content (AvgIpc) is 3.34. The van der Waals surface area contributed by atoms with E-state index >= 15 is 0 Å². The molecule has 4 aromatic rings. The number of fused-ring (bicyclic) bond motifs is 1. The van der Waals surface area contributed by atoms with Crippen molar-refractivity contribution in [1.29, 1.82) is 0 Å². The molecule has 0 aliphatic carbocycles. The van der Waals surface area contributed by atoms with Gasteiger partial charge < -0.3 is 4.74 Å². The summed E-state index contributed by atoms with van der Waals surface area (Å²) in [5, 5.41) is 7.25. The van der Waals surface area contributed by atoms with Crippen LogP contribution < -0.4 is 5.56 Å². The molecule has 0 atom stereocenters. The van der Waals surface area contributed by atoms with Crippen LogP contribution in [0.4, 0.5) is 0 Å². The lowest BCUT2D eigenvalue weighted by Gasteiger charge is -2.06. The first-order chi connectivity index (χ1) is 12.7. The number of carbonyl (C=O) groups is 1. The van der Waals surface area contributed by atoms with E-state index in [1.165, 1.54) is 22.2 Å². The fourth-order valence-corrected chi connectivity index (χ4v) is 3.97. The summed E-state index contributed by atoms with van der Waals surface area (Å²) in [6, 6.07) is 9.02. The molecular weight excluding hydrogens is 370 g/mol. The van der Waals surface area contributed by atoms with E-state index in [-0.39, 0.29) is 18.7 Å². The van der Waals surface area contributed by atoms with Crippen LogP contribution in [-0.2, 0) is 22.7 Å². The Balaban J connectivity index is 1.42. The van der Waals surface area contributed by atoms with E-state index in [9.17, 15) is 9.59 Å². The first-order valence-corrected chi connectivity index (χ1v) is 9.60. The van der Waals surface area contributed by atoms with Crippen LogP contribution in [0.15, 0.2) is 57.6 Å². The molecule has 8 heteroatoms. The highest BCUT2D eigenvalue weighted by molar-refractivity contribution is 7.14. The Morgan fingerprint density at radius 1 is 1.19 bits per heavy atom. The fourth-order valence-electron chi connectivity index (χ4n) is 2.45. The summed E-state index contributed by atoms with van der Waals surface area (Å²) in [6.07, 6.45) is 1.36. The number of nitrogens with zero attached hydrogens (tertiary/aromatic N) is 3. The predicted octanol–water partition coefficient (Wildman–Crippen LogP) is 3.32. The molecule has 26 heavy (non-hydrogen) atoms. The molecule has 130 valence electrons. The second kappa shape index (κ2) is 7.19. The van der Waals surface area contributed by atoms with Gasteiger partial charge in [0, 0.05) is 16.3 Å². The summed E-state index contributed by atoms with van der Waals surface area (Å²) in [5.41, 5.74) is 2.09. The minimum absolute atomic E-state index is 0.0786. The topological polar surface area (TPSA) is 74.1 Å². The van der Waals surface area contributed by atoms with Crippen molar-refractivity contribution in [2.45, 2.75) is 13.2 Å². The maximum atomic E-state index is 12.4. The highest BCUT2D eigenvalue weighted by Gasteiger charge is 2.11. The van der Waals surface area contributed by atoms with E-state index in [2.05, 4.69) is 9.97 Å². The quantitative estimate of drug-likeness (QED) is 0.494. The second-order valence-corrected chi connectivity index (χ2v) is 7.15. The van der Waals surface area contributed by atoms with E-state index in [0.29, 0.717) is 16.6 Å². The standard InChI is InChI=1S/C18H13N3O3S2/c22-16(7-21-11-19-15-4-2-1-3-14(15)18(21)23)24-8-13-10-26-17(20-13)12-5-6-25-9-12/h1-6,9-11H,7-8H2. The fraction of sp³-hybridized carbons (Fsp3) is 0.111. The molecule has 0 bridgehead atoms. The highest BCUT2D eigenvalue weighted by Crippen LogP contribution is 2.25. The summed E-state index contributed by atoms with van der Waals surface area (Å²) in [5.74, 6) is -0.505. The van der Waals surface area contributed by atoms with Gasteiger partial charge in [0.05, 0.1) is 22.9 Å². The van der Waals surface area contributed by atoms with E-state index < -0.39 is 5.97 Å². The van der Waals surface area contributed by atoms with Gasteiger partial charge in [-0.25, -0.2) is 9.97 Å². The number of rotatable bonds is 5. The number of aromatic nitrogens is 3. The van der Waals surface area contributed by atoms with Crippen molar-refractivity contribution in [2.24, 2.45) is 0 Å². The highest BCUT2D eigenvalue weighted by atomic mass is 32.1. The minimum atomic E-state index is -0.505. The molecule has 0 aliphatic heterocycles. The van der Waals surface area contributed by atoms with Gasteiger partial charge in [0.2, 0.25) is 0 Å². The number of hydrogen-bond donors (Lipinski definition) is 0. The molecule has 0 amide bonds. The van der Waals surface area contributed by atoms with Gasteiger partial charge in [0.15, 0.2) is 0 Å². The summed E-state index contributed by atoms with van der Waals surface area (Å²) in [6.45, 7) is -0.104. The molecule has 3 aromatic heterocycles. The number of thiazole rings is 1. The molecule has 1 aromatic carbocycles. The van der Waals surface area contributed by atoms with Crippen molar-refractivity contribution < 1.29 is 9.53 Å². The monoisotopic (exact) mass is 383 g/mol. The first-order valence-electron chi connectivity index (χ1n) is 7.77. The first kappa shape index (κ1) is 16.6. The lowest BCUT2D eigenvalue weighted by atomic mass is 10.2. The van der Waals surface area contributed by atoms with Crippen LogP contribution >= 0.6 is 22.7 Å². The van der Waals surface area contributed by atoms with Gasteiger partial charge >= 0.3 is 5.97 Å². The largest absolute Gasteiger partial charge is 0.458 e. The summed E-state index contributed by atoms with van der Waals surface area (Å²) < 4.78 is 6.50. The van der Waals surface area contributed by atoms with Crippen LogP contribution in [-0.4, -0.2) is 20.5 Å².